The molecule has 8 nitrogen and oxygen atoms in total. The summed E-state index contributed by atoms with van der Waals surface area (Å²) in [6, 6.07) is 17.0. The monoisotopic (exact) mass is 432 g/mol. The maximum Gasteiger partial charge on any atom is 0.339 e. The van der Waals surface area contributed by atoms with E-state index >= 15 is 0 Å². The smallest absolute Gasteiger partial charge is 0.339 e. The number of thiophene rings is 1. The van der Waals surface area contributed by atoms with Crippen molar-refractivity contribution >= 4 is 38.9 Å². The number of rotatable bonds is 7. The second-order valence-corrected chi connectivity index (χ2v) is 8.47. The Bertz CT molecular complexity index is 1130. The van der Waals surface area contributed by atoms with Crippen molar-refractivity contribution in [2.24, 2.45) is 5.14 Å². The zero-order valence-corrected chi connectivity index (χ0v) is 16.5. The average molecular weight is 432 g/mol. The van der Waals surface area contributed by atoms with Gasteiger partial charge in [0, 0.05) is 17.1 Å². The largest absolute Gasteiger partial charge is 0.457 e. The van der Waals surface area contributed by atoms with Gasteiger partial charge in [-0.2, -0.15) is 0 Å². The first kappa shape index (κ1) is 20.5. The first-order valence-corrected chi connectivity index (χ1v) is 10.6. The van der Waals surface area contributed by atoms with Crippen molar-refractivity contribution < 1.29 is 27.5 Å². The predicted octanol–water partition coefficient (Wildman–Crippen LogP) is 2.98. The minimum Gasteiger partial charge on any atom is -0.457 e. The molecule has 0 atom stereocenters. The summed E-state index contributed by atoms with van der Waals surface area (Å²) in [5.74, 6) is -0.205. The molecule has 1 amide bonds. The summed E-state index contributed by atoms with van der Waals surface area (Å²) >= 11 is 0.796. The van der Waals surface area contributed by atoms with E-state index in [0.29, 0.717) is 17.2 Å². The van der Waals surface area contributed by atoms with E-state index in [2.05, 4.69) is 5.32 Å². The minimum absolute atomic E-state index is 0.00471. The van der Waals surface area contributed by atoms with Crippen LogP contribution in [0.2, 0.25) is 0 Å². The van der Waals surface area contributed by atoms with E-state index < -0.39 is 28.5 Å². The number of amides is 1. The number of carbonyl (C=O) groups is 2. The zero-order valence-electron chi connectivity index (χ0n) is 14.9. The Hall–Kier alpha value is -3.21. The minimum atomic E-state index is -3.89. The second-order valence-electron chi connectivity index (χ2n) is 5.77. The van der Waals surface area contributed by atoms with Crippen molar-refractivity contribution in [3.05, 3.63) is 71.6 Å². The van der Waals surface area contributed by atoms with Crippen LogP contribution >= 0.6 is 11.3 Å². The number of benzene rings is 2. The fraction of sp³-hybridized carbons (Fsp3) is 0.0526. The van der Waals surface area contributed by atoms with Crippen LogP contribution in [0.15, 0.2) is 70.3 Å². The molecule has 0 fully saturated rings. The molecule has 10 heteroatoms. The molecule has 1 heterocycles. The molecule has 0 aliphatic carbocycles. The molecule has 0 saturated carbocycles. The highest BCUT2D eigenvalue weighted by atomic mass is 32.2. The molecule has 0 radical (unpaired) electrons. The summed E-state index contributed by atoms with van der Waals surface area (Å²) in [6.07, 6.45) is 0. The van der Waals surface area contributed by atoms with E-state index in [-0.39, 0.29) is 9.77 Å². The molecule has 0 saturated heterocycles. The summed E-state index contributed by atoms with van der Waals surface area (Å²) in [5.41, 5.74) is 0.469. The quantitative estimate of drug-likeness (QED) is 0.553. The van der Waals surface area contributed by atoms with Crippen LogP contribution in [0.25, 0.3) is 0 Å². The van der Waals surface area contributed by atoms with E-state index in [1.54, 1.807) is 36.4 Å². The van der Waals surface area contributed by atoms with Crippen LogP contribution in [0.1, 0.15) is 10.4 Å². The van der Waals surface area contributed by atoms with Gasteiger partial charge in [-0.15, -0.1) is 11.3 Å². The first-order chi connectivity index (χ1) is 13.8. The number of esters is 1. The van der Waals surface area contributed by atoms with Gasteiger partial charge in [0.1, 0.15) is 15.7 Å². The highest BCUT2D eigenvalue weighted by molar-refractivity contribution is 7.91. The van der Waals surface area contributed by atoms with E-state index in [4.69, 9.17) is 14.6 Å². The van der Waals surface area contributed by atoms with Crippen molar-refractivity contribution in [2.75, 3.05) is 11.9 Å². The fourth-order valence-electron chi connectivity index (χ4n) is 2.25. The fourth-order valence-corrected chi connectivity index (χ4v) is 3.82. The molecule has 150 valence electrons. The van der Waals surface area contributed by atoms with Gasteiger partial charge in [0.2, 0.25) is 10.0 Å². The van der Waals surface area contributed by atoms with Crippen LogP contribution in [0.5, 0.6) is 11.5 Å². The Morgan fingerprint density at radius 1 is 1.00 bits per heavy atom. The number of nitrogens with two attached hydrogens (primary N) is 1. The Labute approximate surface area is 170 Å². The van der Waals surface area contributed by atoms with Crippen molar-refractivity contribution in [1.29, 1.82) is 0 Å². The lowest BCUT2D eigenvalue weighted by atomic mass is 10.3. The lowest BCUT2D eigenvalue weighted by molar-refractivity contribution is -0.119. The predicted molar refractivity (Wildman–Crippen MR) is 108 cm³/mol. The number of hydrogen-bond acceptors (Lipinski definition) is 7. The maximum atomic E-state index is 12.0. The van der Waals surface area contributed by atoms with Gasteiger partial charge in [-0.3, -0.25) is 4.79 Å². The van der Waals surface area contributed by atoms with Gasteiger partial charge in [-0.25, -0.2) is 18.4 Å². The number of anilines is 1. The molecular weight excluding hydrogens is 416 g/mol. The summed E-state index contributed by atoms with van der Waals surface area (Å²) in [7, 11) is -3.89. The van der Waals surface area contributed by atoms with E-state index in [9.17, 15) is 18.0 Å². The highest BCUT2D eigenvalue weighted by Crippen LogP contribution is 2.24. The van der Waals surface area contributed by atoms with Crippen molar-refractivity contribution in [1.82, 2.24) is 0 Å². The standard InChI is InChI=1S/C19H16N2O6S2/c20-29(24,25)18-9-13(12-28-18)19(23)26-11-17(22)21-14-5-4-8-16(10-14)27-15-6-2-1-3-7-15/h1-10,12H,11H2,(H,21,22)(H2,20,24,25). The molecule has 0 bridgehead atoms. The van der Waals surface area contributed by atoms with Crippen LogP contribution in [0, 0.1) is 0 Å². The molecule has 1 aromatic heterocycles. The Morgan fingerprint density at radius 2 is 1.72 bits per heavy atom. The van der Waals surface area contributed by atoms with Gasteiger partial charge in [-0.05, 0) is 30.3 Å². The molecule has 2 aromatic carbocycles. The summed E-state index contributed by atoms with van der Waals surface area (Å²) in [5, 5.41) is 8.89. The average Bonchev–Trinajstić information content (AvgIpc) is 3.18. The normalized spacial score (nSPS) is 10.9. The van der Waals surface area contributed by atoms with Gasteiger partial charge in [0.25, 0.3) is 5.91 Å². The topological polar surface area (TPSA) is 125 Å². The number of sulfonamides is 1. The van der Waals surface area contributed by atoms with E-state index in [0.717, 1.165) is 17.4 Å². The van der Waals surface area contributed by atoms with E-state index in [1.165, 1.54) is 5.38 Å². The van der Waals surface area contributed by atoms with Gasteiger partial charge >= 0.3 is 5.97 Å². The molecular formula is C19H16N2O6S2. The number of para-hydroxylation sites is 1. The third-order valence-electron chi connectivity index (χ3n) is 3.52. The lowest BCUT2D eigenvalue weighted by Gasteiger charge is -2.09. The SMILES string of the molecule is NS(=O)(=O)c1cc(C(=O)OCC(=O)Nc2cccc(Oc3ccccc3)c2)cs1. The number of carbonyl (C=O) groups excluding carboxylic acids is 2. The number of hydrogen-bond donors (Lipinski definition) is 2. The van der Waals surface area contributed by atoms with Crippen LogP contribution in [-0.4, -0.2) is 26.9 Å². The van der Waals surface area contributed by atoms with Crippen LogP contribution in [-0.2, 0) is 19.6 Å². The second kappa shape index (κ2) is 8.86. The van der Waals surface area contributed by atoms with Gasteiger partial charge in [0.05, 0.1) is 5.56 Å². The molecule has 0 unspecified atom stereocenters. The summed E-state index contributed by atoms with van der Waals surface area (Å²) < 4.78 is 32.9. The number of ether oxygens (including phenoxy) is 2. The number of nitrogens with one attached hydrogen (secondary N) is 1. The zero-order chi connectivity index (χ0) is 20.9. The third kappa shape index (κ3) is 5.88. The summed E-state index contributed by atoms with van der Waals surface area (Å²) in [4.78, 5) is 24.0. The first-order valence-electron chi connectivity index (χ1n) is 8.22. The molecule has 0 spiro atoms. The van der Waals surface area contributed by atoms with Gasteiger partial charge in [0.15, 0.2) is 6.61 Å². The Morgan fingerprint density at radius 3 is 2.41 bits per heavy atom. The lowest BCUT2D eigenvalue weighted by Crippen LogP contribution is -2.20. The van der Waals surface area contributed by atoms with Crippen molar-refractivity contribution in [2.45, 2.75) is 4.21 Å². The van der Waals surface area contributed by atoms with Crippen LogP contribution < -0.4 is 15.2 Å². The summed E-state index contributed by atoms with van der Waals surface area (Å²) in [6.45, 7) is -0.539. The van der Waals surface area contributed by atoms with Gasteiger partial charge < -0.3 is 14.8 Å². The van der Waals surface area contributed by atoms with E-state index in [1.807, 2.05) is 18.2 Å². The maximum absolute atomic E-state index is 12.0. The highest BCUT2D eigenvalue weighted by Gasteiger charge is 2.17. The Kier molecular flexibility index (Phi) is 6.27. The molecule has 0 aliphatic rings. The Balaban J connectivity index is 1.55. The molecule has 29 heavy (non-hydrogen) atoms. The van der Waals surface area contributed by atoms with Crippen molar-refractivity contribution in [3.63, 3.8) is 0 Å². The van der Waals surface area contributed by atoms with Crippen LogP contribution in [0.3, 0.4) is 0 Å². The van der Waals surface area contributed by atoms with Crippen molar-refractivity contribution in [3.8, 4) is 11.5 Å². The molecule has 3 rings (SSSR count). The molecule has 0 aliphatic heterocycles. The number of primary sulfonamides is 1. The molecule has 3 aromatic rings. The third-order valence-corrected chi connectivity index (χ3v) is 5.91. The van der Waals surface area contributed by atoms with Gasteiger partial charge in [-0.1, -0.05) is 24.3 Å². The molecule has 3 N–H and O–H groups in total. The van der Waals surface area contributed by atoms with Crippen LogP contribution in [0.4, 0.5) is 5.69 Å².